The number of hydrogen-bond donors (Lipinski definition) is 1. The third kappa shape index (κ3) is 2.87. The Balaban J connectivity index is 1.79. The van der Waals surface area contributed by atoms with Crippen LogP contribution in [0.1, 0.15) is 22.2 Å². The van der Waals surface area contributed by atoms with Crippen molar-refractivity contribution < 1.29 is 14.6 Å². The monoisotopic (exact) mass is 288 g/mol. The largest absolute Gasteiger partial charge is 0.477 e. The Hall–Kier alpha value is -2.41. The molecule has 3 rings (SSSR count). The number of hydrogen-bond acceptors (Lipinski definition) is 5. The molecule has 0 bridgehead atoms. The fourth-order valence-electron chi connectivity index (χ4n) is 2.38. The molecule has 0 aromatic carbocycles. The van der Waals surface area contributed by atoms with Crippen molar-refractivity contribution >= 4 is 11.8 Å². The number of carbonyl (C=O) groups is 1. The molecule has 1 N–H and O–H groups in total. The fraction of sp³-hybridized carbons (Fsp3) is 0.357. The number of aryl methyl sites for hydroxylation is 1. The Morgan fingerprint density at radius 1 is 1.48 bits per heavy atom. The summed E-state index contributed by atoms with van der Waals surface area (Å²) in [6.07, 6.45) is 3.63. The number of aromatic carboxylic acids is 1. The van der Waals surface area contributed by atoms with Crippen LogP contribution >= 0.6 is 0 Å². The molecule has 7 heteroatoms. The molecule has 7 nitrogen and oxygen atoms in total. The molecule has 21 heavy (non-hydrogen) atoms. The number of ether oxygens (including phenoxy) is 1. The lowest BCUT2D eigenvalue weighted by molar-refractivity contribution is 0.0394. The van der Waals surface area contributed by atoms with Gasteiger partial charge in [0.15, 0.2) is 5.69 Å². The van der Waals surface area contributed by atoms with Gasteiger partial charge in [-0.15, -0.1) is 0 Å². The van der Waals surface area contributed by atoms with Crippen LogP contribution in [0.4, 0.5) is 5.82 Å². The van der Waals surface area contributed by atoms with E-state index < -0.39 is 5.97 Å². The maximum absolute atomic E-state index is 11.0. The number of rotatable bonds is 3. The van der Waals surface area contributed by atoms with E-state index in [4.69, 9.17) is 9.84 Å². The van der Waals surface area contributed by atoms with Crippen molar-refractivity contribution in [2.24, 2.45) is 7.05 Å². The average molecular weight is 288 g/mol. The molecule has 0 saturated carbocycles. The van der Waals surface area contributed by atoms with Crippen molar-refractivity contribution in [3.8, 4) is 0 Å². The Morgan fingerprint density at radius 2 is 2.33 bits per heavy atom. The summed E-state index contributed by atoms with van der Waals surface area (Å²) in [5, 5.41) is 13.2. The highest BCUT2D eigenvalue weighted by Gasteiger charge is 2.24. The molecule has 1 fully saturated rings. The van der Waals surface area contributed by atoms with Crippen molar-refractivity contribution in [1.82, 2.24) is 14.8 Å². The van der Waals surface area contributed by atoms with Gasteiger partial charge in [0.25, 0.3) is 0 Å². The van der Waals surface area contributed by atoms with Gasteiger partial charge in [-0.2, -0.15) is 5.10 Å². The second-order valence-electron chi connectivity index (χ2n) is 4.94. The van der Waals surface area contributed by atoms with Gasteiger partial charge in [-0.3, -0.25) is 4.68 Å². The van der Waals surface area contributed by atoms with Gasteiger partial charge >= 0.3 is 5.97 Å². The Bertz CT molecular complexity index is 655. The summed E-state index contributed by atoms with van der Waals surface area (Å²) >= 11 is 0. The number of carboxylic acid groups (broad SMARTS) is 1. The minimum absolute atomic E-state index is 0.0527. The van der Waals surface area contributed by atoms with E-state index in [1.54, 1.807) is 16.9 Å². The maximum Gasteiger partial charge on any atom is 0.354 e. The number of carboxylic acids is 1. The molecule has 3 heterocycles. The van der Waals surface area contributed by atoms with E-state index >= 15 is 0 Å². The van der Waals surface area contributed by atoms with Gasteiger partial charge in [-0.05, 0) is 12.1 Å². The third-order valence-corrected chi connectivity index (χ3v) is 3.44. The molecule has 0 aliphatic carbocycles. The van der Waals surface area contributed by atoms with E-state index in [1.807, 2.05) is 24.2 Å². The molecule has 1 aliphatic heterocycles. The molecule has 1 aliphatic rings. The van der Waals surface area contributed by atoms with Crippen LogP contribution in [0.3, 0.4) is 0 Å². The number of anilines is 1. The van der Waals surface area contributed by atoms with Crippen molar-refractivity contribution in [3.05, 3.63) is 41.9 Å². The summed E-state index contributed by atoms with van der Waals surface area (Å²) in [5.41, 5.74) is 1.06. The van der Waals surface area contributed by atoms with Crippen LogP contribution in [0.25, 0.3) is 0 Å². The SMILES string of the molecule is Cn1cc(C2CN(c3cccc(C(=O)O)n3)CCO2)cn1. The maximum atomic E-state index is 11.0. The summed E-state index contributed by atoms with van der Waals surface area (Å²) in [6.45, 7) is 1.88. The van der Waals surface area contributed by atoms with Crippen molar-refractivity contribution in [1.29, 1.82) is 0 Å². The van der Waals surface area contributed by atoms with E-state index in [0.29, 0.717) is 25.5 Å². The second-order valence-corrected chi connectivity index (χ2v) is 4.94. The summed E-state index contributed by atoms with van der Waals surface area (Å²) in [6, 6.07) is 5.02. The topological polar surface area (TPSA) is 80.5 Å². The molecule has 0 spiro atoms. The first-order chi connectivity index (χ1) is 10.1. The zero-order chi connectivity index (χ0) is 14.8. The number of aromatic nitrogens is 3. The summed E-state index contributed by atoms with van der Waals surface area (Å²) in [4.78, 5) is 17.2. The van der Waals surface area contributed by atoms with Crippen LogP contribution in [0, 0.1) is 0 Å². The van der Waals surface area contributed by atoms with E-state index in [1.165, 1.54) is 6.07 Å². The Morgan fingerprint density at radius 3 is 3.05 bits per heavy atom. The summed E-state index contributed by atoms with van der Waals surface area (Å²) in [5.74, 6) is -0.360. The summed E-state index contributed by atoms with van der Waals surface area (Å²) in [7, 11) is 1.86. The van der Waals surface area contributed by atoms with Gasteiger partial charge in [-0.25, -0.2) is 9.78 Å². The molecular weight excluding hydrogens is 272 g/mol. The highest BCUT2D eigenvalue weighted by molar-refractivity contribution is 5.85. The van der Waals surface area contributed by atoms with Gasteiger partial charge in [0.05, 0.1) is 12.8 Å². The average Bonchev–Trinajstić information content (AvgIpc) is 2.94. The molecule has 2 aromatic rings. The molecule has 0 radical (unpaired) electrons. The molecule has 110 valence electrons. The Kier molecular flexibility index (Phi) is 3.57. The molecule has 1 atom stereocenters. The summed E-state index contributed by atoms with van der Waals surface area (Å²) < 4.78 is 7.50. The number of nitrogens with zero attached hydrogens (tertiary/aromatic N) is 4. The standard InChI is InChI=1S/C14H16N4O3/c1-17-8-10(7-15-17)12-9-18(5-6-21-12)13-4-2-3-11(16-13)14(19)20/h2-4,7-8,12H,5-6,9H2,1H3,(H,19,20). The van der Waals surface area contributed by atoms with Crippen LogP contribution in [0.5, 0.6) is 0 Å². The van der Waals surface area contributed by atoms with Crippen molar-refractivity contribution in [2.45, 2.75) is 6.10 Å². The molecule has 1 saturated heterocycles. The van der Waals surface area contributed by atoms with Crippen LogP contribution in [-0.2, 0) is 11.8 Å². The first kappa shape index (κ1) is 13.6. The van der Waals surface area contributed by atoms with Gasteiger partial charge in [0.1, 0.15) is 11.9 Å². The van der Waals surface area contributed by atoms with Gasteiger partial charge in [0.2, 0.25) is 0 Å². The first-order valence-corrected chi connectivity index (χ1v) is 6.69. The molecule has 0 amide bonds. The quantitative estimate of drug-likeness (QED) is 0.910. The van der Waals surface area contributed by atoms with Gasteiger partial charge in [0, 0.05) is 31.9 Å². The van der Waals surface area contributed by atoms with Crippen LogP contribution in [0.2, 0.25) is 0 Å². The van der Waals surface area contributed by atoms with Crippen molar-refractivity contribution in [3.63, 3.8) is 0 Å². The first-order valence-electron chi connectivity index (χ1n) is 6.69. The predicted octanol–water partition coefficient (Wildman–Crippen LogP) is 1.09. The zero-order valence-electron chi connectivity index (χ0n) is 11.6. The van der Waals surface area contributed by atoms with E-state index in [2.05, 4.69) is 10.1 Å². The van der Waals surface area contributed by atoms with Crippen molar-refractivity contribution in [2.75, 3.05) is 24.6 Å². The fourth-order valence-corrected chi connectivity index (χ4v) is 2.38. The number of pyridine rings is 1. The minimum Gasteiger partial charge on any atom is -0.477 e. The number of morpholine rings is 1. The molecular formula is C14H16N4O3. The van der Waals surface area contributed by atoms with Gasteiger partial charge in [-0.1, -0.05) is 6.07 Å². The van der Waals surface area contributed by atoms with E-state index in [9.17, 15) is 4.79 Å². The smallest absolute Gasteiger partial charge is 0.354 e. The van der Waals surface area contributed by atoms with E-state index in [0.717, 1.165) is 5.56 Å². The van der Waals surface area contributed by atoms with Gasteiger partial charge < -0.3 is 14.7 Å². The molecule has 2 aromatic heterocycles. The lowest BCUT2D eigenvalue weighted by Crippen LogP contribution is -2.38. The van der Waals surface area contributed by atoms with Crippen LogP contribution in [0.15, 0.2) is 30.6 Å². The lowest BCUT2D eigenvalue weighted by Gasteiger charge is -2.33. The highest BCUT2D eigenvalue weighted by atomic mass is 16.5. The second kappa shape index (κ2) is 5.53. The highest BCUT2D eigenvalue weighted by Crippen LogP contribution is 2.24. The zero-order valence-corrected chi connectivity index (χ0v) is 11.6. The van der Waals surface area contributed by atoms with Crippen LogP contribution < -0.4 is 4.90 Å². The predicted molar refractivity (Wildman–Crippen MR) is 75.3 cm³/mol. The lowest BCUT2D eigenvalue weighted by atomic mass is 10.1. The van der Waals surface area contributed by atoms with Crippen LogP contribution in [-0.4, -0.2) is 45.5 Å². The Labute approximate surface area is 121 Å². The molecule has 1 unspecified atom stereocenters. The van der Waals surface area contributed by atoms with E-state index in [-0.39, 0.29) is 11.8 Å². The minimum atomic E-state index is -1.02. The normalized spacial score (nSPS) is 18.7. The third-order valence-electron chi connectivity index (χ3n) is 3.44.